The first-order valence-corrected chi connectivity index (χ1v) is 14.2. The summed E-state index contributed by atoms with van der Waals surface area (Å²) < 4.78 is 19.9. The van der Waals surface area contributed by atoms with E-state index in [1.54, 1.807) is 42.6 Å². The van der Waals surface area contributed by atoms with Crippen molar-refractivity contribution in [2.24, 2.45) is 5.10 Å². The predicted molar refractivity (Wildman–Crippen MR) is 145 cm³/mol. The number of phosphoric ester groups is 1. The van der Waals surface area contributed by atoms with Crippen LogP contribution in [-0.2, 0) is 13.6 Å². The predicted octanol–water partition coefficient (Wildman–Crippen LogP) is 3.87. The molecule has 208 valence electrons. The Kier molecular flexibility index (Phi) is 14.3. The lowest BCUT2D eigenvalue weighted by Crippen LogP contribution is -2.24. The highest BCUT2D eigenvalue weighted by molar-refractivity contribution is 7.45. The number of benzene rings is 1. The van der Waals surface area contributed by atoms with Crippen LogP contribution in [0.1, 0.15) is 78.1 Å². The Hall–Kier alpha value is -3.11. The lowest BCUT2D eigenvalue weighted by molar-refractivity contribution is -0.223. The summed E-state index contributed by atoms with van der Waals surface area (Å²) in [6.07, 6.45) is 9.27. The van der Waals surface area contributed by atoms with Gasteiger partial charge < -0.3 is 24.6 Å². The molecule has 1 atom stereocenters. The van der Waals surface area contributed by atoms with E-state index in [0.717, 1.165) is 51.2 Å². The highest BCUT2D eigenvalue weighted by atomic mass is 31.2. The number of unbranched alkanes of at least 4 members (excludes halogenated alkanes) is 5. The summed E-state index contributed by atoms with van der Waals surface area (Å²) in [7, 11) is -3.09. The van der Waals surface area contributed by atoms with Gasteiger partial charge in [0.2, 0.25) is 0 Å². The number of amides is 2. The fraction of sp³-hybridized carbons (Fsp3) is 0.462. The van der Waals surface area contributed by atoms with Crippen LogP contribution in [0, 0.1) is 0 Å². The molecule has 3 N–H and O–H groups in total. The SMILES string of the molecule is CCCCCNC(=O)c1ccc(N/N=C/c2ccc(C(=O)NCCCCCCOP(=O)([O-])OC)cc2)nc1. The van der Waals surface area contributed by atoms with Gasteiger partial charge in [0.25, 0.3) is 19.6 Å². The minimum atomic E-state index is -4.15. The lowest BCUT2D eigenvalue weighted by atomic mass is 10.1. The van der Waals surface area contributed by atoms with Gasteiger partial charge in [-0.1, -0.05) is 44.7 Å². The molecular formula is C26H37N5O6P-. The smallest absolute Gasteiger partial charge is 0.267 e. The summed E-state index contributed by atoms with van der Waals surface area (Å²) in [5, 5.41) is 9.90. The van der Waals surface area contributed by atoms with Crippen LogP contribution in [0.15, 0.2) is 47.7 Å². The second-order valence-electron chi connectivity index (χ2n) is 8.52. The molecule has 1 heterocycles. The molecule has 0 saturated heterocycles. The zero-order valence-electron chi connectivity index (χ0n) is 22.0. The van der Waals surface area contributed by atoms with E-state index in [9.17, 15) is 19.0 Å². The van der Waals surface area contributed by atoms with Crippen LogP contribution in [0.4, 0.5) is 5.82 Å². The largest absolute Gasteiger partial charge is 0.756 e. The molecule has 0 aliphatic rings. The van der Waals surface area contributed by atoms with Gasteiger partial charge in [-0.25, -0.2) is 4.98 Å². The average molecular weight is 547 g/mol. The van der Waals surface area contributed by atoms with Crippen LogP contribution in [0.5, 0.6) is 0 Å². The average Bonchev–Trinajstić information content (AvgIpc) is 2.93. The van der Waals surface area contributed by atoms with E-state index in [-0.39, 0.29) is 18.4 Å². The first-order chi connectivity index (χ1) is 18.3. The summed E-state index contributed by atoms with van der Waals surface area (Å²) in [5.74, 6) is 0.199. The molecule has 1 unspecified atom stereocenters. The number of pyridine rings is 1. The quantitative estimate of drug-likeness (QED) is 0.110. The van der Waals surface area contributed by atoms with Gasteiger partial charge in [0.1, 0.15) is 5.82 Å². The summed E-state index contributed by atoms with van der Waals surface area (Å²) in [5.41, 5.74) is 4.66. The van der Waals surface area contributed by atoms with Crippen LogP contribution in [-0.4, -0.2) is 49.8 Å². The zero-order valence-corrected chi connectivity index (χ0v) is 22.9. The van der Waals surface area contributed by atoms with E-state index in [1.165, 1.54) is 6.20 Å². The number of hydrogen-bond donors (Lipinski definition) is 3. The van der Waals surface area contributed by atoms with E-state index in [2.05, 4.69) is 42.1 Å². The molecule has 0 aliphatic heterocycles. The number of rotatable bonds is 18. The van der Waals surface area contributed by atoms with Gasteiger partial charge in [0.05, 0.1) is 18.4 Å². The molecule has 0 spiro atoms. The van der Waals surface area contributed by atoms with E-state index in [4.69, 9.17) is 0 Å². The Balaban J connectivity index is 1.65. The third-order valence-electron chi connectivity index (χ3n) is 5.49. The number of aromatic nitrogens is 1. The molecule has 2 aromatic rings. The van der Waals surface area contributed by atoms with Gasteiger partial charge >= 0.3 is 0 Å². The second kappa shape index (κ2) is 17.4. The Bertz CT molecular complexity index is 1060. The zero-order chi connectivity index (χ0) is 27.6. The fourth-order valence-corrected chi connectivity index (χ4v) is 3.74. The topological polar surface area (TPSA) is 154 Å². The summed E-state index contributed by atoms with van der Waals surface area (Å²) in [6, 6.07) is 10.4. The van der Waals surface area contributed by atoms with Gasteiger partial charge in [0, 0.05) is 32.0 Å². The number of phosphoric acid groups is 1. The van der Waals surface area contributed by atoms with E-state index < -0.39 is 7.82 Å². The van der Waals surface area contributed by atoms with Gasteiger partial charge in [-0.2, -0.15) is 5.10 Å². The minimum absolute atomic E-state index is 0.0902. The number of carbonyl (C=O) groups is 2. The molecule has 0 bridgehead atoms. The van der Waals surface area contributed by atoms with Crippen molar-refractivity contribution in [3.05, 3.63) is 59.3 Å². The molecule has 0 saturated carbocycles. The normalized spacial score (nSPS) is 12.7. The van der Waals surface area contributed by atoms with Crippen molar-refractivity contribution in [3.63, 3.8) is 0 Å². The molecule has 0 fully saturated rings. The Morgan fingerprint density at radius 1 is 0.947 bits per heavy atom. The van der Waals surface area contributed by atoms with Crippen molar-refractivity contribution < 1.29 is 28.1 Å². The van der Waals surface area contributed by atoms with Crippen molar-refractivity contribution in [1.82, 2.24) is 15.6 Å². The molecule has 1 aromatic carbocycles. The van der Waals surface area contributed by atoms with E-state index in [1.807, 2.05) is 0 Å². The monoisotopic (exact) mass is 546 g/mol. The Labute approximate surface area is 224 Å². The number of anilines is 1. The number of nitrogens with one attached hydrogen (secondary N) is 3. The molecule has 2 rings (SSSR count). The minimum Gasteiger partial charge on any atom is -0.756 e. The maximum absolute atomic E-state index is 12.3. The van der Waals surface area contributed by atoms with Crippen LogP contribution < -0.4 is 21.0 Å². The van der Waals surface area contributed by atoms with E-state index >= 15 is 0 Å². The van der Waals surface area contributed by atoms with Gasteiger partial charge in [-0.3, -0.25) is 19.6 Å². The van der Waals surface area contributed by atoms with Crippen molar-refractivity contribution >= 4 is 31.7 Å². The number of nitrogens with zero attached hydrogens (tertiary/aromatic N) is 2. The second-order valence-corrected chi connectivity index (χ2v) is 10.0. The fourth-order valence-electron chi connectivity index (χ4n) is 3.28. The third kappa shape index (κ3) is 12.4. The van der Waals surface area contributed by atoms with E-state index in [0.29, 0.717) is 36.5 Å². The maximum Gasteiger partial charge on any atom is 0.267 e. The summed E-state index contributed by atoms with van der Waals surface area (Å²) in [6.45, 7) is 3.39. The van der Waals surface area contributed by atoms with Crippen molar-refractivity contribution in [1.29, 1.82) is 0 Å². The molecule has 0 aliphatic carbocycles. The highest BCUT2D eigenvalue weighted by Gasteiger charge is 2.07. The molecule has 11 nitrogen and oxygen atoms in total. The summed E-state index contributed by atoms with van der Waals surface area (Å²) in [4.78, 5) is 39.7. The first kappa shape index (κ1) is 31.1. The number of carbonyl (C=O) groups excluding carboxylic acids is 2. The first-order valence-electron chi connectivity index (χ1n) is 12.8. The number of hydrogen-bond acceptors (Lipinski definition) is 9. The molecule has 2 amide bonds. The molecule has 38 heavy (non-hydrogen) atoms. The molecule has 12 heteroatoms. The number of hydrazone groups is 1. The van der Waals surface area contributed by atoms with Crippen molar-refractivity contribution in [2.75, 3.05) is 32.2 Å². The molecular weight excluding hydrogens is 509 g/mol. The lowest BCUT2D eigenvalue weighted by Gasteiger charge is -2.19. The Morgan fingerprint density at radius 2 is 1.58 bits per heavy atom. The van der Waals surface area contributed by atoms with Crippen LogP contribution >= 0.6 is 7.82 Å². The van der Waals surface area contributed by atoms with Crippen LogP contribution in [0.25, 0.3) is 0 Å². The molecule has 1 aromatic heterocycles. The highest BCUT2D eigenvalue weighted by Crippen LogP contribution is 2.36. The van der Waals surface area contributed by atoms with Crippen molar-refractivity contribution in [3.8, 4) is 0 Å². The Morgan fingerprint density at radius 3 is 2.21 bits per heavy atom. The third-order valence-corrected chi connectivity index (χ3v) is 6.43. The van der Waals surface area contributed by atoms with Gasteiger partial charge in [-0.15, -0.1) is 0 Å². The standard InChI is InChI=1S/C26H38N5O6P/c1-3-4-7-16-28-26(33)23-14-15-24(29-20-23)31-30-19-21-10-12-22(13-11-21)25(32)27-17-8-5-6-9-18-37-38(34,35)36-2/h10-15,19-20H,3-9,16-18H2,1-2H3,(H,27,32)(H,28,33)(H,29,31)(H,34,35)/p-1/b30-19+. The van der Waals surface area contributed by atoms with Gasteiger partial charge in [-0.05, 0) is 49.1 Å². The van der Waals surface area contributed by atoms with Crippen LogP contribution in [0.2, 0.25) is 0 Å². The maximum atomic E-state index is 12.3. The van der Waals surface area contributed by atoms with Crippen LogP contribution in [0.3, 0.4) is 0 Å². The van der Waals surface area contributed by atoms with Crippen molar-refractivity contribution in [2.45, 2.75) is 51.9 Å². The molecule has 0 radical (unpaired) electrons. The summed E-state index contributed by atoms with van der Waals surface area (Å²) >= 11 is 0. The van der Waals surface area contributed by atoms with Gasteiger partial charge in [0.15, 0.2) is 0 Å².